The topological polar surface area (TPSA) is 322 Å². The molecule has 7 N–H and O–H groups in total. The van der Waals surface area contributed by atoms with Gasteiger partial charge in [0.25, 0.3) is 5.91 Å². The molecule has 25 heteroatoms. The first-order valence-corrected chi connectivity index (χ1v) is 31.6. The quantitative estimate of drug-likeness (QED) is 0.0231. The Hall–Kier alpha value is -7.28. The number of amides is 7. The molecule has 0 radical (unpaired) electrons. The number of halogens is 1. The van der Waals surface area contributed by atoms with Crippen molar-refractivity contribution < 1.29 is 81.4 Å². The maximum atomic E-state index is 14.8. The number of ether oxygens (including phenoxy) is 7. The fourth-order valence-corrected chi connectivity index (χ4v) is 11.8. The molecule has 5 rings (SSSR count). The van der Waals surface area contributed by atoms with Crippen LogP contribution in [0, 0.1) is 17.8 Å². The minimum absolute atomic E-state index is 0.0359. The summed E-state index contributed by atoms with van der Waals surface area (Å²) in [5.41, 5.74) is 3.23. The number of anilines is 2. The molecule has 2 aromatic carbocycles. The van der Waals surface area contributed by atoms with Gasteiger partial charge in [-0.2, -0.15) is 0 Å². The van der Waals surface area contributed by atoms with Crippen LogP contribution in [0.15, 0.2) is 54.1 Å². The third-order valence-corrected chi connectivity index (χ3v) is 17.8. The number of esters is 3. The molecule has 504 valence electrons. The zero-order valence-electron chi connectivity index (χ0n) is 55.4. The molecule has 0 spiro atoms. The number of urea groups is 1. The van der Waals surface area contributed by atoms with Crippen LogP contribution in [0.1, 0.15) is 156 Å². The summed E-state index contributed by atoms with van der Waals surface area (Å²) in [7, 11) is 7.13. The van der Waals surface area contributed by atoms with E-state index in [9.17, 15) is 48.3 Å². The lowest BCUT2D eigenvalue weighted by Crippen LogP contribution is -2.54. The molecule has 10 atom stereocenters. The van der Waals surface area contributed by atoms with Gasteiger partial charge in [0.15, 0.2) is 0 Å². The number of hydrogen-bond acceptors (Lipinski definition) is 17. The molecule has 0 saturated carbocycles. The number of fused-ring (bicyclic) bond motifs is 5. The highest BCUT2D eigenvalue weighted by Gasteiger charge is 2.64. The first-order valence-electron chi connectivity index (χ1n) is 31.2. The van der Waals surface area contributed by atoms with Crippen LogP contribution in [-0.2, 0) is 63.7 Å². The van der Waals surface area contributed by atoms with Gasteiger partial charge in [0.2, 0.25) is 23.6 Å². The van der Waals surface area contributed by atoms with Crippen LogP contribution < -0.4 is 41.4 Å². The number of aliphatic hydroxyl groups is 1. The van der Waals surface area contributed by atoms with Crippen LogP contribution in [0.25, 0.3) is 0 Å². The minimum Gasteiger partial charge on any atom is -0.497 e. The molecule has 91 heavy (non-hydrogen) atoms. The zero-order chi connectivity index (χ0) is 67.9. The SMILES string of the molecule is CCC(CC)C(=O)OC(C)(C)CCCCC(=O)N[C@H](C(=O)N[C@@H](CCCNC(N)=O)C(=O)Nc1cc(OC)ccc1C(=O)N(C)[C@@H](C)C(=O)O[C@H]1CC(=O)N(C)c2cc(cc(OC)c2Cl)C/C(C)=C/C=C/[C@@H](OC)[C@]2(O)CC(=O)O[C@@H](C2)[C@@H](C)[C@@H]2O[C@@]12C)C(C)C. The molecule has 0 aliphatic carbocycles. The van der Waals surface area contributed by atoms with Gasteiger partial charge in [-0.25, -0.2) is 9.59 Å². The molecule has 3 heterocycles. The van der Waals surface area contributed by atoms with Gasteiger partial charge in [0, 0.05) is 52.6 Å². The number of carbonyl (C=O) groups is 9. The highest BCUT2D eigenvalue weighted by molar-refractivity contribution is 6.35. The van der Waals surface area contributed by atoms with Crippen molar-refractivity contribution in [3.8, 4) is 11.5 Å². The predicted molar refractivity (Wildman–Crippen MR) is 341 cm³/mol. The molecule has 4 bridgehead atoms. The summed E-state index contributed by atoms with van der Waals surface area (Å²) >= 11 is 6.89. The van der Waals surface area contributed by atoms with E-state index in [4.69, 9.17) is 50.5 Å². The van der Waals surface area contributed by atoms with E-state index in [0.29, 0.717) is 50.0 Å². The van der Waals surface area contributed by atoms with Crippen molar-refractivity contribution in [1.29, 1.82) is 0 Å². The van der Waals surface area contributed by atoms with Crippen LogP contribution in [0.4, 0.5) is 16.2 Å². The third kappa shape index (κ3) is 19.9. The highest BCUT2D eigenvalue weighted by atomic mass is 35.5. The first kappa shape index (κ1) is 74.4. The van der Waals surface area contributed by atoms with Crippen LogP contribution in [-0.4, -0.2) is 165 Å². The summed E-state index contributed by atoms with van der Waals surface area (Å²) in [6, 6.07) is 3.17. The van der Waals surface area contributed by atoms with Gasteiger partial charge in [-0.15, -0.1) is 0 Å². The molecule has 0 unspecified atom stereocenters. The van der Waals surface area contributed by atoms with Crippen LogP contribution >= 0.6 is 11.6 Å². The lowest BCUT2D eigenvalue weighted by molar-refractivity contribution is -0.187. The molecule has 7 amide bonds. The number of carbonyl (C=O) groups excluding carboxylic acids is 9. The molecule has 2 aromatic rings. The lowest BCUT2D eigenvalue weighted by Gasteiger charge is -2.41. The predicted octanol–water partition coefficient (Wildman–Crippen LogP) is 7.42. The number of epoxide rings is 1. The van der Waals surface area contributed by atoms with Gasteiger partial charge >= 0.3 is 23.9 Å². The van der Waals surface area contributed by atoms with Gasteiger partial charge < -0.3 is 75.1 Å². The van der Waals surface area contributed by atoms with Gasteiger partial charge in [-0.3, -0.25) is 33.6 Å². The second-order valence-electron chi connectivity index (χ2n) is 25.2. The number of likely N-dealkylation sites (N-methyl/N-ethyl adjacent to an activating group) is 1. The van der Waals surface area contributed by atoms with Crippen molar-refractivity contribution in [3.63, 3.8) is 0 Å². The number of rotatable bonds is 26. The van der Waals surface area contributed by atoms with E-state index < -0.39 is 125 Å². The van der Waals surface area contributed by atoms with Crippen molar-refractivity contribution >= 4 is 76.5 Å². The zero-order valence-corrected chi connectivity index (χ0v) is 56.2. The number of nitrogens with two attached hydrogens (primary N) is 1. The summed E-state index contributed by atoms with van der Waals surface area (Å²) in [6.07, 6.45) is 3.85. The van der Waals surface area contributed by atoms with Crippen molar-refractivity contribution in [2.24, 2.45) is 23.5 Å². The van der Waals surface area contributed by atoms with Crippen LogP contribution in [0.2, 0.25) is 5.02 Å². The normalized spacial score (nSPS) is 23.8. The fraction of sp³-hybridized carbons (Fsp3) is 0.621. The summed E-state index contributed by atoms with van der Waals surface area (Å²) in [5.74, 6) is -5.80. The molecule has 3 aliphatic rings. The molecular formula is C66H96ClN7O17. The minimum atomic E-state index is -1.69. The van der Waals surface area contributed by atoms with Gasteiger partial charge in [-0.1, -0.05) is 70.0 Å². The molecule has 3 aliphatic heterocycles. The van der Waals surface area contributed by atoms with E-state index in [1.165, 1.54) is 65.4 Å². The number of nitrogens with one attached hydrogen (secondary N) is 4. The monoisotopic (exact) mass is 1290 g/mol. The molecule has 2 saturated heterocycles. The van der Waals surface area contributed by atoms with Crippen molar-refractivity contribution in [3.05, 3.63) is 70.3 Å². The lowest BCUT2D eigenvalue weighted by atomic mass is 9.78. The first-order chi connectivity index (χ1) is 42.8. The second kappa shape index (κ2) is 32.8. The third-order valence-electron chi connectivity index (χ3n) is 17.4. The second-order valence-corrected chi connectivity index (χ2v) is 25.6. The van der Waals surface area contributed by atoms with Crippen LogP contribution in [0.3, 0.4) is 0 Å². The fourth-order valence-electron chi connectivity index (χ4n) is 11.5. The Labute approximate surface area is 539 Å². The summed E-state index contributed by atoms with van der Waals surface area (Å²) in [5, 5.41) is 23.0. The van der Waals surface area contributed by atoms with Crippen molar-refractivity contribution in [2.45, 2.75) is 206 Å². The smallest absolute Gasteiger partial charge is 0.328 e. The largest absolute Gasteiger partial charge is 0.497 e. The maximum absolute atomic E-state index is 14.8. The Morgan fingerprint density at radius 3 is 2.27 bits per heavy atom. The number of primary amides is 1. The summed E-state index contributed by atoms with van der Waals surface area (Å²) in [4.78, 5) is 126. The molecule has 24 nitrogen and oxygen atoms in total. The highest BCUT2D eigenvalue weighted by Crippen LogP contribution is 2.50. The van der Waals surface area contributed by atoms with Crippen molar-refractivity contribution in [1.82, 2.24) is 20.9 Å². The Bertz CT molecular complexity index is 3020. The summed E-state index contributed by atoms with van der Waals surface area (Å²) in [6.45, 7) is 17.8. The number of benzene rings is 2. The van der Waals surface area contributed by atoms with Gasteiger partial charge in [0.05, 0.1) is 56.0 Å². The van der Waals surface area contributed by atoms with Gasteiger partial charge in [-0.05, 0) is 122 Å². The maximum Gasteiger partial charge on any atom is 0.328 e. The molecule has 2 fully saturated rings. The number of allylic oxidation sites excluding steroid dienone is 3. The van der Waals surface area contributed by atoms with Gasteiger partial charge in [0.1, 0.15) is 69.8 Å². The van der Waals surface area contributed by atoms with E-state index >= 15 is 0 Å². The average Bonchev–Trinajstić information content (AvgIpc) is 1.58. The average molecular weight is 1290 g/mol. The number of methoxy groups -OCH3 is 3. The Morgan fingerprint density at radius 1 is 0.956 bits per heavy atom. The van der Waals surface area contributed by atoms with E-state index in [0.717, 1.165) is 16.0 Å². The number of unbranched alkanes of at least 4 members (excludes halogenated alkanes) is 1. The Kier molecular flexibility index (Phi) is 26.9. The van der Waals surface area contributed by atoms with E-state index in [-0.39, 0.29) is 72.6 Å². The van der Waals surface area contributed by atoms with E-state index in [1.54, 1.807) is 52.0 Å². The van der Waals surface area contributed by atoms with E-state index in [2.05, 4.69) is 21.3 Å². The number of nitrogens with zero attached hydrogens (tertiary/aromatic N) is 2. The summed E-state index contributed by atoms with van der Waals surface area (Å²) < 4.78 is 41.2. The Balaban J connectivity index is 1.39. The standard InChI is InChI=1S/C66H96ClN7O17/c1-16-42(17-2)62(82)91-64(8,9)28-19-18-25-52(75)72-56(37(3)4)59(79)70-45(23-21-29-69-63(68)83)58(78)71-46-33-43(85-13)26-27-44(46)60(80)73(11)40(7)61(81)89-51-34-53(76)74(12)47-31-41(32-48(86-14)55(47)67)30-38(5)22-20-24-50(87-15)66(84)35-49(88-54(77)36-66)39(6)57-65(51,10)90-57/h20,22,24,26-27,31-33,37,39-40,42,45,49-51,56-57,84H,16-19,21,23,25,28-30,34-36H2,1-15H3,(H,70,79)(H,71,78)(H,72,75)(H3,68,69,83)/b24-20+,38-22+/t39-,40+,45+,49+,50-,51+,56+,57+,65+,66-/m1/s1. The molecular weight excluding hydrogens is 1200 g/mol. The van der Waals surface area contributed by atoms with Crippen LogP contribution in [0.5, 0.6) is 11.5 Å². The van der Waals surface area contributed by atoms with E-state index in [1.807, 2.05) is 40.7 Å². The Morgan fingerprint density at radius 2 is 1.65 bits per heavy atom. The molecule has 0 aromatic heterocycles. The number of hydrogen-bond donors (Lipinski definition) is 6. The van der Waals surface area contributed by atoms with Crippen molar-refractivity contribution in [2.75, 3.05) is 52.2 Å².